The topological polar surface area (TPSA) is 72.6 Å². The number of fused-ring (bicyclic) bond motifs is 1. The van der Waals surface area contributed by atoms with Crippen molar-refractivity contribution in [2.24, 2.45) is 5.92 Å². The summed E-state index contributed by atoms with van der Waals surface area (Å²) in [5.74, 6) is -0.0691. The second kappa shape index (κ2) is 8.01. The molecule has 0 radical (unpaired) electrons. The van der Waals surface area contributed by atoms with E-state index in [1.807, 2.05) is 18.3 Å². The van der Waals surface area contributed by atoms with Crippen molar-refractivity contribution < 1.29 is 13.9 Å². The third-order valence-electron chi connectivity index (χ3n) is 5.39. The first-order valence-corrected chi connectivity index (χ1v) is 10.2. The van der Waals surface area contributed by atoms with Crippen molar-refractivity contribution in [2.45, 2.75) is 39.0 Å². The van der Waals surface area contributed by atoms with Crippen LogP contribution in [0.15, 0.2) is 36.7 Å². The largest absolute Gasteiger partial charge is 0.476 e. The molecule has 0 saturated carbocycles. The first kappa shape index (κ1) is 20.3. The Bertz CT molecular complexity index is 1050. The van der Waals surface area contributed by atoms with Crippen LogP contribution in [0.5, 0.6) is 5.88 Å². The Labute approximate surface area is 174 Å². The van der Waals surface area contributed by atoms with Crippen LogP contribution in [0, 0.1) is 11.7 Å². The van der Waals surface area contributed by atoms with Crippen LogP contribution < -0.4 is 4.74 Å². The van der Waals surface area contributed by atoms with E-state index in [1.54, 1.807) is 9.42 Å². The Balaban J connectivity index is 1.32. The van der Waals surface area contributed by atoms with Gasteiger partial charge in [-0.25, -0.2) is 18.9 Å². The van der Waals surface area contributed by atoms with Crippen molar-refractivity contribution in [3.05, 3.63) is 53.9 Å². The van der Waals surface area contributed by atoms with Gasteiger partial charge in [0.25, 0.3) is 5.91 Å². The standard InChI is InChI=1S/C22H26FN5O2/c1-22(2,3)17-13-28-18(25-17)6-7-19(26-28)30-14-15-8-11-27(12-9-15)21(29)20-16(23)5-4-10-24-20/h4-7,10,13,15H,8-9,11-12,14H2,1-3H3. The second-order valence-corrected chi connectivity index (χ2v) is 8.73. The molecule has 3 aromatic heterocycles. The number of rotatable bonds is 4. The van der Waals surface area contributed by atoms with Crippen molar-refractivity contribution in [3.8, 4) is 5.88 Å². The van der Waals surface area contributed by atoms with E-state index in [2.05, 4.69) is 35.8 Å². The Kier molecular flexibility index (Phi) is 5.40. The summed E-state index contributed by atoms with van der Waals surface area (Å²) in [5, 5.41) is 4.50. The molecule has 1 amide bonds. The van der Waals surface area contributed by atoms with E-state index in [4.69, 9.17) is 4.74 Å². The van der Waals surface area contributed by atoms with E-state index >= 15 is 0 Å². The number of ether oxygens (including phenoxy) is 1. The van der Waals surface area contributed by atoms with Crippen molar-refractivity contribution in [3.63, 3.8) is 0 Å². The highest BCUT2D eigenvalue weighted by molar-refractivity contribution is 5.92. The summed E-state index contributed by atoms with van der Waals surface area (Å²) in [6.45, 7) is 8.00. The maximum atomic E-state index is 13.8. The molecule has 0 N–H and O–H groups in total. The lowest BCUT2D eigenvalue weighted by Crippen LogP contribution is -2.40. The van der Waals surface area contributed by atoms with E-state index in [0.717, 1.165) is 24.2 Å². The number of pyridine rings is 1. The van der Waals surface area contributed by atoms with Gasteiger partial charge >= 0.3 is 0 Å². The highest BCUT2D eigenvalue weighted by Crippen LogP contribution is 2.23. The van der Waals surface area contributed by atoms with Gasteiger partial charge in [0.05, 0.1) is 18.5 Å². The van der Waals surface area contributed by atoms with Crippen LogP contribution in [0.4, 0.5) is 4.39 Å². The zero-order chi connectivity index (χ0) is 21.3. The number of amides is 1. The van der Waals surface area contributed by atoms with Crippen LogP contribution in [0.1, 0.15) is 49.8 Å². The molecule has 0 bridgehead atoms. The van der Waals surface area contributed by atoms with Crippen LogP contribution >= 0.6 is 0 Å². The minimum Gasteiger partial charge on any atom is -0.476 e. The number of aromatic nitrogens is 4. The van der Waals surface area contributed by atoms with Gasteiger partial charge in [-0.1, -0.05) is 20.8 Å². The van der Waals surface area contributed by atoms with Crippen LogP contribution in [-0.4, -0.2) is 50.1 Å². The average molecular weight is 411 g/mol. The highest BCUT2D eigenvalue weighted by atomic mass is 19.1. The fourth-order valence-electron chi connectivity index (χ4n) is 3.50. The predicted molar refractivity (Wildman–Crippen MR) is 110 cm³/mol. The molecule has 0 aliphatic carbocycles. The lowest BCUT2D eigenvalue weighted by molar-refractivity contribution is 0.0648. The Morgan fingerprint density at radius 2 is 2.00 bits per heavy atom. The van der Waals surface area contributed by atoms with Gasteiger partial charge in [0.2, 0.25) is 5.88 Å². The van der Waals surface area contributed by atoms with Crippen molar-refractivity contribution >= 4 is 11.6 Å². The molecule has 0 aromatic carbocycles. The van der Waals surface area contributed by atoms with Gasteiger partial charge < -0.3 is 9.64 Å². The number of carbonyl (C=O) groups excluding carboxylic acids is 1. The molecule has 158 valence electrons. The average Bonchev–Trinajstić information content (AvgIpc) is 3.16. The van der Waals surface area contributed by atoms with Crippen LogP contribution in [0.2, 0.25) is 0 Å². The van der Waals surface area contributed by atoms with Gasteiger partial charge in [0, 0.05) is 30.8 Å². The number of imidazole rings is 1. The monoisotopic (exact) mass is 411 g/mol. The summed E-state index contributed by atoms with van der Waals surface area (Å²) < 4.78 is 21.5. The molecule has 1 aliphatic rings. The molecule has 4 rings (SSSR count). The normalized spacial score (nSPS) is 15.5. The second-order valence-electron chi connectivity index (χ2n) is 8.73. The highest BCUT2D eigenvalue weighted by Gasteiger charge is 2.26. The van der Waals surface area contributed by atoms with Crippen LogP contribution in [0.3, 0.4) is 0 Å². The molecule has 7 nitrogen and oxygen atoms in total. The summed E-state index contributed by atoms with van der Waals surface area (Å²) in [6, 6.07) is 6.47. The number of carbonyl (C=O) groups is 1. The molecule has 1 saturated heterocycles. The molecular weight excluding hydrogens is 385 g/mol. The lowest BCUT2D eigenvalue weighted by atomic mass is 9.93. The summed E-state index contributed by atoms with van der Waals surface area (Å²) >= 11 is 0. The van der Waals surface area contributed by atoms with Crippen LogP contribution in [0.25, 0.3) is 5.65 Å². The first-order valence-electron chi connectivity index (χ1n) is 10.2. The number of hydrogen-bond donors (Lipinski definition) is 0. The lowest BCUT2D eigenvalue weighted by Gasteiger charge is -2.31. The summed E-state index contributed by atoms with van der Waals surface area (Å²) in [4.78, 5) is 22.6. The predicted octanol–water partition coefficient (Wildman–Crippen LogP) is 3.49. The van der Waals surface area contributed by atoms with Gasteiger partial charge in [-0.3, -0.25) is 4.79 Å². The number of hydrogen-bond acceptors (Lipinski definition) is 5. The molecule has 0 atom stereocenters. The van der Waals surface area contributed by atoms with E-state index in [1.165, 1.54) is 18.3 Å². The van der Waals surface area contributed by atoms with Gasteiger partial charge in [-0.2, -0.15) is 0 Å². The zero-order valence-corrected chi connectivity index (χ0v) is 17.5. The smallest absolute Gasteiger partial charge is 0.275 e. The zero-order valence-electron chi connectivity index (χ0n) is 17.5. The minimum atomic E-state index is -0.580. The van der Waals surface area contributed by atoms with E-state index in [0.29, 0.717) is 31.5 Å². The van der Waals surface area contributed by atoms with Crippen molar-refractivity contribution in [1.82, 2.24) is 24.5 Å². The molecule has 0 spiro atoms. The van der Waals surface area contributed by atoms with Gasteiger partial charge in [-0.05, 0) is 37.0 Å². The summed E-state index contributed by atoms with van der Waals surface area (Å²) in [5.41, 5.74) is 1.62. The maximum Gasteiger partial charge on any atom is 0.275 e. The molecule has 3 aromatic rings. The molecule has 1 fully saturated rings. The van der Waals surface area contributed by atoms with Gasteiger partial charge in [0.1, 0.15) is 0 Å². The number of nitrogens with zero attached hydrogens (tertiary/aromatic N) is 5. The SMILES string of the molecule is CC(C)(C)c1cn2nc(OCC3CCN(C(=O)c4ncccc4F)CC3)ccc2n1. The van der Waals surface area contributed by atoms with Crippen molar-refractivity contribution in [1.29, 1.82) is 0 Å². The van der Waals surface area contributed by atoms with Gasteiger partial charge in [0.15, 0.2) is 17.2 Å². The fraction of sp³-hybridized carbons (Fsp3) is 0.455. The third-order valence-corrected chi connectivity index (χ3v) is 5.39. The number of piperidine rings is 1. The third kappa shape index (κ3) is 4.27. The molecule has 1 aliphatic heterocycles. The van der Waals surface area contributed by atoms with Gasteiger partial charge in [-0.15, -0.1) is 5.10 Å². The molecule has 8 heteroatoms. The van der Waals surface area contributed by atoms with E-state index in [-0.39, 0.29) is 17.0 Å². The Morgan fingerprint density at radius 1 is 1.23 bits per heavy atom. The number of likely N-dealkylation sites (tertiary alicyclic amines) is 1. The Hall–Kier alpha value is -3.03. The molecule has 4 heterocycles. The van der Waals surface area contributed by atoms with Crippen LogP contribution in [-0.2, 0) is 5.41 Å². The summed E-state index contributed by atoms with van der Waals surface area (Å²) in [7, 11) is 0. The van der Waals surface area contributed by atoms with E-state index < -0.39 is 5.82 Å². The fourth-order valence-corrected chi connectivity index (χ4v) is 3.50. The molecule has 0 unspecified atom stereocenters. The molecular formula is C22H26FN5O2. The quantitative estimate of drug-likeness (QED) is 0.657. The van der Waals surface area contributed by atoms with Crippen molar-refractivity contribution in [2.75, 3.05) is 19.7 Å². The minimum absolute atomic E-state index is 0.0433. The Morgan fingerprint density at radius 3 is 2.70 bits per heavy atom. The first-order chi connectivity index (χ1) is 14.3. The number of halogens is 1. The molecule has 30 heavy (non-hydrogen) atoms. The van der Waals surface area contributed by atoms with E-state index in [9.17, 15) is 9.18 Å². The maximum absolute atomic E-state index is 13.8. The summed E-state index contributed by atoms with van der Waals surface area (Å²) in [6.07, 6.45) is 4.96.